The molecule has 4 heteroatoms. The zero-order chi connectivity index (χ0) is 37.0. The Morgan fingerprint density at radius 3 is 1.04 bits per heavy atom. The lowest BCUT2D eigenvalue weighted by Crippen LogP contribution is -2.14. The first-order valence-electron chi connectivity index (χ1n) is 19.1. The van der Waals surface area contributed by atoms with Crippen molar-refractivity contribution in [2.45, 2.75) is 0 Å². The first-order valence-corrected chi connectivity index (χ1v) is 19.1. The summed E-state index contributed by atoms with van der Waals surface area (Å²) >= 11 is 0. The average molecular weight is 717 g/mol. The van der Waals surface area contributed by atoms with Gasteiger partial charge in [0.25, 0.3) is 0 Å². The molecule has 0 spiro atoms. The molecule has 56 heavy (non-hydrogen) atoms. The molecule has 0 saturated heterocycles. The zero-order valence-corrected chi connectivity index (χ0v) is 30.5. The maximum atomic E-state index is 3.80. The van der Waals surface area contributed by atoms with E-state index in [1.807, 2.05) is 0 Å². The highest BCUT2D eigenvalue weighted by atomic mass is 15.2. The van der Waals surface area contributed by atoms with Crippen molar-refractivity contribution in [1.82, 2.24) is 0 Å². The van der Waals surface area contributed by atoms with Crippen LogP contribution in [0, 0.1) is 0 Å². The van der Waals surface area contributed by atoms with Crippen LogP contribution >= 0.6 is 0 Å². The summed E-state index contributed by atoms with van der Waals surface area (Å²) in [5, 5.41) is 17.4. The van der Waals surface area contributed by atoms with E-state index in [1.165, 1.54) is 43.1 Å². The molecule has 0 radical (unpaired) electrons. The van der Waals surface area contributed by atoms with Crippen molar-refractivity contribution in [3.63, 3.8) is 0 Å². The maximum absolute atomic E-state index is 3.80. The van der Waals surface area contributed by atoms with Crippen molar-refractivity contribution in [3.05, 3.63) is 206 Å². The summed E-state index contributed by atoms with van der Waals surface area (Å²) in [6.07, 6.45) is 0. The second kappa shape index (κ2) is 13.1. The van der Waals surface area contributed by atoms with Gasteiger partial charge in [0, 0.05) is 33.5 Å². The van der Waals surface area contributed by atoms with Gasteiger partial charge < -0.3 is 20.4 Å². The Morgan fingerprint density at radius 2 is 0.607 bits per heavy atom. The van der Waals surface area contributed by atoms with Crippen LogP contribution in [0.15, 0.2) is 206 Å². The van der Waals surface area contributed by atoms with Crippen LogP contribution in [0.25, 0.3) is 43.1 Å². The van der Waals surface area contributed by atoms with Crippen LogP contribution in [-0.4, -0.2) is 0 Å². The molecule has 1 aliphatic rings. The lowest BCUT2D eigenvalue weighted by atomic mass is 9.98. The molecule has 1 aliphatic heterocycles. The smallest absolute Gasteiger partial charge is 0.0645 e. The summed E-state index contributed by atoms with van der Waals surface area (Å²) in [5.41, 5.74) is 10.7. The molecule has 11 rings (SSSR count). The minimum atomic E-state index is 1.02. The first kappa shape index (κ1) is 31.9. The molecule has 10 aromatic carbocycles. The lowest BCUT2D eigenvalue weighted by molar-refractivity contribution is 1.29. The molecule has 4 nitrogen and oxygen atoms in total. The van der Waals surface area contributed by atoms with Crippen molar-refractivity contribution in [1.29, 1.82) is 0 Å². The van der Waals surface area contributed by atoms with Gasteiger partial charge in [-0.1, -0.05) is 133 Å². The third kappa shape index (κ3) is 5.31. The van der Waals surface area contributed by atoms with E-state index in [1.54, 1.807) is 0 Å². The second-order valence-corrected chi connectivity index (χ2v) is 14.4. The number of benzene rings is 10. The summed E-state index contributed by atoms with van der Waals surface area (Å²) in [6, 6.07) is 74.1. The van der Waals surface area contributed by atoms with E-state index < -0.39 is 0 Å². The Labute approximate surface area is 325 Å². The summed E-state index contributed by atoms with van der Waals surface area (Å²) in [5.74, 6) is 0. The van der Waals surface area contributed by atoms with E-state index in [2.05, 4.69) is 227 Å². The minimum Gasteiger partial charge on any atom is -0.352 e. The molecule has 0 saturated carbocycles. The molecular weight excluding hydrogens is 681 g/mol. The third-order valence-corrected chi connectivity index (χ3v) is 11.1. The van der Waals surface area contributed by atoms with E-state index >= 15 is 0 Å². The van der Waals surface area contributed by atoms with Gasteiger partial charge in [-0.05, 0) is 105 Å². The highest BCUT2D eigenvalue weighted by Crippen LogP contribution is 2.48. The molecule has 0 atom stereocenters. The van der Waals surface area contributed by atoms with Gasteiger partial charge >= 0.3 is 0 Å². The van der Waals surface area contributed by atoms with Crippen LogP contribution in [0.3, 0.4) is 0 Å². The Hall–Kier alpha value is -7.56. The van der Waals surface area contributed by atoms with E-state index in [4.69, 9.17) is 0 Å². The summed E-state index contributed by atoms with van der Waals surface area (Å²) < 4.78 is 0. The van der Waals surface area contributed by atoms with Crippen molar-refractivity contribution >= 4 is 100.0 Å². The van der Waals surface area contributed by atoms with Crippen molar-refractivity contribution in [2.75, 3.05) is 20.4 Å². The first-order chi connectivity index (χ1) is 27.8. The Bertz CT molecular complexity index is 2890. The normalized spacial score (nSPS) is 11.9. The Balaban J connectivity index is 1.01. The van der Waals surface area contributed by atoms with E-state index in [0.29, 0.717) is 0 Å². The van der Waals surface area contributed by atoms with E-state index in [-0.39, 0.29) is 0 Å². The highest BCUT2D eigenvalue weighted by molar-refractivity contribution is 6.16. The molecule has 0 bridgehead atoms. The number of hydrogen-bond donors (Lipinski definition) is 2. The van der Waals surface area contributed by atoms with Gasteiger partial charge in [-0.2, -0.15) is 0 Å². The topological polar surface area (TPSA) is 30.5 Å². The largest absolute Gasteiger partial charge is 0.352 e. The second-order valence-electron chi connectivity index (χ2n) is 14.4. The van der Waals surface area contributed by atoms with E-state index in [9.17, 15) is 0 Å². The summed E-state index contributed by atoms with van der Waals surface area (Å²) in [4.78, 5) is 4.75. The fraction of sp³-hybridized carbons (Fsp3) is 0. The van der Waals surface area contributed by atoms with Crippen molar-refractivity contribution in [3.8, 4) is 0 Å². The maximum Gasteiger partial charge on any atom is 0.0645 e. The van der Waals surface area contributed by atoms with Crippen LogP contribution in [0.4, 0.5) is 56.9 Å². The summed E-state index contributed by atoms with van der Waals surface area (Å²) in [7, 11) is 0. The van der Waals surface area contributed by atoms with Crippen LogP contribution in [0.1, 0.15) is 0 Å². The zero-order valence-electron chi connectivity index (χ0n) is 30.5. The Kier molecular flexibility index (Phi) is 7.46. The van der Waals surface area contributed by atoms with Crippen LogP contribution in [0.2, 0.25) is 0 Å². The quantitative estimate of drug-likeness (QED) is 0.168. The van der Waals surface area contributed by atoms with Gasteiger partial charge in [0.1, 0.15) is 0 Å². The fourth-order valence-electron chi connectivity index (χ4n) is 8.51. The number of nitrogens with one attached hydrogen (secondary N) is 2. The number of nitrogens with zero attached hydrogens (tertiary/aromatic N) is 2. The van der Waals surface area contributed by atoms with Gasteiger partial charge in [-0.3, -0.25) is 0 Å². The molecule has 1 heterocycles. The third-order valence-electron chi connectivity index (χ3n) is 11.1. The molecule has 264 valence electrons. The number of rotatable bonds is 6. The SMILES string of the molecule is c1ccc(N(c2ccc3c(c2)Nc2ccc(N(c4ccccc4)c4cc5ccccc5c5ccccc45)cc2N3)c2cc3ccccc3c3ccccc23)cc1. The van der Waals surface area contributed by atoms with Gasteiger partial charge in [-0.25, -0.2) is 0 Å². The number of hydrogen-bond acceptors (Lipinski definition) is 4. The molecule has 10 aromatic rings. The van der Waals surface area contributed by atoms with Crippen LogP contribution < -0.4 is 20.4 Å². The molecular formula is C52H36N4. The number of fused-ring (bicyclic) bond motifs is 8. The average Bonchev–Trinajstić information content (AvgIpc) is 3.26. The van der Waals surface area contributed by atoms with Crippen molar-refractivity contribution in [2.24, 2.45) is 0 Å². The standard InChI is InChI=1S/C52H36N4/c1-3-17-37(18-4-1)55(51-31-35-15-7-9-21-41(35)43-23-11-13-25-45(43)51)39-27-29-47-49(33-39)53-48-30-28-40(34-50(48)54-47)56(38-19-5-2-6-20-38)52-32-36-16-8-10-22-42(36)44-24-12-14-26-46(44)52/h1-34,53-54H. The molecule has 0 amide bonds. The molecule has 0 unspecified atom stereocenters. The predicted molar refractivity (Wildman–Crippen MR) is 239 cm³/mol. The van der Waals surface area contributed by atoms with Gasteiger partial charge in [-0.15, -0.1) is 0 Å². The van der Waals surface area contributed by atoms with Crippen molar-refractivity contribution < 1.29 is 0 Å². The van der Waals surface area contributed by atoms with Crippen LogP contribution in [-0.2, 0) is 0 Å². The minimum absolute atomic E-state index is 1.02. The van der Waals surface area contributed by atoms with Gasteiger partial charge in [0.05, 0.1) is 34.1 Å². The highest BCUT2D eigenvalue weighted by Gasteiger charge is 2.23. The van der Waals surface area contributed by atoms with Crippen LogP contribution in [0.5, 0.6) is 0 Å². The van der Waals surface area contributed by atoms with Gasteiger partial charge in [0.15, 0.2) is 0 Å². The van der Waals surface area contributed by atoms with Gasteiger partial charge in [0.2, 0.25) is 0 Å². The molecule has 0 aliphatic carbocycles. The molecule has 2 N–H and O–H groups in total. The summed E-state index contributed by atoms with van der Waals surface area (Å²) in [6.45, 7) is 0. The molecule has 0 fully saturated rings. The Morgan fingerprint density at radius 1 is 0.250 bits per heavy atom. The number of para-hydroxylation sites is 2. The lowest BCUT2D eigenvalue weighted by Gasteiger charge is -2.31. The predicted octanol–water partition coefficient (Wildman–Crippen LogP) is 15.0. The number of anilines is 10. The fourth-order valence-corrected chi connectivity index (χ4v) is 8.51. The monoisotopic (exact) mass is 716 g/mol. The molecule has 0 aromatic heterocycles. The van der Waals surface area contributed by atoms with E-state index in [0.717, 1.165) is 56.9 Å².